The van der Waals surface area contributed by atoms with E-state index in [0.717, 1.165) is 29.2 Å². The van der Waals surface area contributed by atoms with Gasteiger partial charge in [-0.15, -0.1) is 0 Å². The minimum absolute atomic E-state index is 0.0157. The second-order valence-corrected chi connectivity index (χ2v) is 5.62. The molecule has 1 aliphatic carbocycles. The lowest BCUT2D eigenvalue weighted by atomic mass is 10.1. The highest BCUT2D eigenvalue weighted by atomic mass is 16.5. The van der Waals surface area contributed by atoms with Gasteiger partial charge in [-0.05, 0) is 43.0 Å². The van der Waals surface area contributed by atoms with Gasteiger partial charge in [-0.3, -0.25) is 0 Å². The fourth-order valence-electron chi connectivity index (χ4n) is 2.27. The van der Waals surface area contributed by atoms with Crippen LogP contribution >= 0.6 is 0 Å². The molecule has 0 amide bonds. The summed E-state index contributed by atoms with van der Waals surface area (Å²) in [4.78, 5) is 0. The van der Waals surface area contributed by atoms with Crippen LogP contribution in [0.3, 0.4) is 0 Å². The maximum absolute atomic E-state index is 9.38. The van der Waals surface area contributed by atoms with Gasteiger partial charge in [-0.1, -0.05) is 30.3 Å². The summed E-state index contributed by atoms with van der Waals surface area (Å²) in [7, 11) is 0. The van der Waals surface area contributed by atoms with Crippen molar-refractivity contribution in [2.45, 2.75) is 39.0 Å². The first-order valence-electron chi connectivity index (χ1n) is 7.46. The summed E-state index contributed by atoms with van der Waals surface area (Å²) < 4.78 is 6.01. The summed E-state index contributed by atoms with van der Waals surface area (Å²) in [5, 5.41) is 12.9. The number of nitrogens with one attached hydrogen (secondary N) is 1. The summed E-state index contributed by atoms with van der Waals surface area (Å²) in [6.07, 6.45) is 2.58. The average Bonchev–Trinajstić information content (AvgIpc) is 3.33. The van der Waals surface area contributed by atoms with Crippen molar-refractivity contribution >= 4 is 0 Å². The molecule has 1 fully saturated rings. The molecular weight excluding hydrogens is 262 g/mol. The average molecular weight is 283 g/mol. The van der Waals surface area contributed by atoms with Crippen molar-refractivity contribution in [1.82, 2.24) is 5.32 Å². The van der Waals surface area contributed by atoms with Gasteiger partial charge in [0.15, 0.2) is 0 Å². The van der Waals surface area contributed by atoms with Gasteiger partial charge in [-0.25, -0.2) is 0 Å². The van der Waals surface area contributed by atoms with Gasteiger partial charge in [0.1, 0.15) is 11.5 Å². The fourth-order valence-corrected chi connectivity index (χ4v) is 2.27. The van der Waals surface area contributed by atoms with Crippen molar-refractivity contribution < 1.29 is 9.84 Å². The predicted octanol–water partition coefficient (Wildman–Crippen LogP) is 3.53. The van der Waals surface area contributed by atoms with Crippen LogP contribution in [0.4, 0.5) is 0 Å². The van der Waals surface area contributed by atoms with Crippen molar-refractivity contribution in [2.24, 2.45) is 0 Å². The first-order chi connectivity index (χ1) is 10.3. The summed E-state index contributed by atoms with van der Waals surface area (Å²) in [6.45, 7) is 2.90. The zero-order chi connectivity index (χ0) is 14.7. The van der Waals surface area contributed by atoms with E-state index in [1.807, 2.05) is 31.2 Å². The maximum atomic E-state index is 9.38. The molecule has 3 heteroatoms. The first kappa shape index (κ1) is 14.1. The number of hydrogen-bond acceptors (Lipinski definition) is 3. The standard InChI is InChI=1S/C18H21NO2/c1-13-6-7-14(11-19-16-8-9-16)10-18(13)21-17-5-3-2-4-15(17)12-20/h2-7,10,16,19-20H,8-9,11-12H2,1H3. The van der Waals surface area contributed by atoms with E-state index >= 15 is 0 Å². The molecule has 0 radical (unpaired) electrons. The molecule has 0 bridgehead atoms. The molecule has 2 aromatic carbocycles. The van der Waals surface area contributed by atoms with Gasteiger partial charge in [0.05, 0.1) is 6.61 Å². The predicted molar refractivity (Wildman–Crippen MR) is 83.5 cm³/mol. The van der Waals surface area contributed by atoms with Crippen LogP contribution in [0.25, 0.3) is 0 Å². The molecule has 0 saturated heterocycles. The Labute approximate surface area is 125 Å². The number of aryl methyl sites for hydroxylation is 1. The van der Waals surface area contributed by atoms with Crippen LogP contribution in [0.15, 0.2) is 42.5 Å². The highest BCUT2D eigenvalue weighted by molar-refractivity contribution is 5.42. The van der Waals surface area contributed by atoms with Crippen LogP contribution in [-0.4, -0.2) is 11.1 Å². The third kappa shape index (κ3) is 3.63. The van der Waals surface area contributed by atoms with E-state index in [4.69, 9.17) is 4.74 Å². The normalized spacial score (nSPS) is 14.2. The molecule has 1 aliphatic rings. The zero-order valence-corrected chi connectivity index (χ0v) is 12.3. The van der Waals surface area contributed by atoms with Gasteiger partial charge < -0.3 is 15.2 Å². The Kier molecular flexibility index (Phi) is 4.23. The van der Waals surface area contributed by atoms with E-state index in [1.54, 1.807) is 0 Å². The lowest BCUT2D eigenvalue weighted by Crippen LogP contribution is -2.15. The molecule has 0 atom stereocenters. The molecule has 0 unspecified atom stereocenters. The van der Waals surface area contributed by atoms with Gasteiger partial charge in [0.2, 0.25) is 0 Å². The molecule has 2 N–H and O–H groups in total. The number of ether oxygens (including phenoxy) is 1. The second-order valence-electron chi connectivity index (χ2n) is 5.62. The third-order valence-electron chi connectivity index (χ3n) is 3.79. The van der Waals surface area contributed by atoms with E-state index in [2.05, 4.69) is 23.5 Å². The zero-order valence-electron chi connectivity index (χ0n) is 12.3. The van der Waals surface area contributed by atoms with Crippen LogP contribution in [0.1, 0.15) is 29.5 Å². The van der Waals surface area contributed by atoms with Crippen LogP contribution < -0.4 is 10.1 Å². The van der Waals surface area contributed by atoms with Crippen molar-refractivity contribution in [1.29, 1.82) is 0 Å². The number of aliphatic hydroxyl groups is 1. The lowest BCUT2D eigenvalue weighted by Gasteiger charge is -2.13. The van der Waals surface area contributed by atoms with Crippen molar-refractivity contribution in [3.63, 3.8) is 0 Å². The lowest BCUT2D eigenvalue weighted by molar-refractivity contribution is 0.276. The maximum Gasteiger partial charge on any atom is 0.132 e. The van der Waals surface area contributed by atoms with Gasteiger partial charge >= 0.3 is 0 Å². The molecule has 0 spiro atoms. The molecule has 110 valence electrons. The Balaban J connectivity index is 1.78. The van der Waals surface area contributed by atoms with Gasteiger partial charge in [-0.2, -0.15) is 0 Å². The quantitative estimate of drug-likeness (QED) is 0.852. The largest absolute Gasteiger partial charge is 0.457 e. The second kappa shape index (κ2) is 6.29. The van der Waals surface area contributed by atoms with Crippen molar-refractivity contribution in [2.75, 3.05) is 0 Å². The molecule has 1 saturated carbocycles. The molecular formula is C18H21NO2. The summed E-state index contributed by atoms with van der Waals surface area (Å²) >= 11 is 0. The smallest absolute Gasteiger partial charge is 0.132 e. The molecule has 3 rings (SSSR count). The first-order valence-corrected chi connectivity index (χ1v) is 7.46. The summed E-state index contributed by atoms with van der Waals surface area (Å²) in [5.74, 6) is 1.57. The molecule has 2 aromatic rings. The highest BCUT2D eigenvalue weighted by Crippen LogP contribution is 2.29. The number of benzene rings is 2. The molecule has 21 heavy (non-hydrogen) atoms. The monoisotopic (exact) mass is 283 g/mol. The Morgan fingerprint density at radius 3 is 2.71 bits per heavy atom. The number of hydrogen-bond donors (Lipinski definition) is 2. The molecule has 0 aromatic heterocycles. The topological polar surface area (TPSA) is 41.5 Å². The SMILES string of the molecule is Cc1ccc(CNC2CC2)cc1Oc1ccccc1CO. The van der Waals surface area contributed by atoms with Gasteiger partial charge in [0.25, 0.3) is 0 Å². The minimum Gasteiger partial charge on any atom is -0.457 e. The third-order valence-corrected chi connectivity index (χ3v) is 3.79. The van der Waals surface area contributed by atoms with E-state index < -0.39 is 0 Å². The highest BCUT2D eigenvalue weighted by Gasteiger charge is 2.20. The van der Waals surface area contributed by atoms with E-state index in [9.17, 15) is 5.11 Å². The van der Waals surface area contributed by atoms with E-state index in [-0.39, 0.29) is 6.61 Å². The van der Waals surface area contributed by atoms with Crippen LogP contribution in [0.2, 0.25) is 0 Å². The fraction of sp³-hybridized carbons (Fsp3) is 0.333. The number of aliphatic hydroxyl groups excluding tert-OH is 1. The van der Waals surface area contributed by atoms with Crippen molar-refractivity contribution in [3.8, 4) is 11.5 Å². The molecule has 0 heterocycles. The van der Waals surface area contributed by atoms with Crippen LogP contribution in [0, 0.1) is 6.92 Å². The van der Waals surface area contributed by atoms with Crippen LogP contribution in [-0.2, 0) is 13.2 Å². The molecule has 0 aliphatic heterocycles. The number of rotatable bonds is 6. The van der Waals surface area contributed by atoms with Crippen LogP contribution in [0.5, 0.6) is 11.5 Å². The minimum atomic E-state index is -0.0157. The Morgan fingerprint density at radius 1 is 1.14 bits per heavy atom. The summed E-state index contributed by atoms with van der Waals surface area (Å²) in [6, 6.07) is 14.6. The van der Waals surface area contributed by atoms with Gasteiger partial charge in [0, 0.05) is 18.2 Å². The Morgan fingerprint density at radius 2 is 1.95 bits per heavy atom. The van der Waals surface area contributed by atoms with E-state index in [1.165, 1.54) is 18.4 Å². The Hall–Kier alpha value is -1.84. The molecule has 3 nitrogen and oxygen atoms in total. The van der Waals surface area contributed by atoms with Crippen molar-refractivity contribution in [3.05, 3.63) is 59.2 Å². The van der Waals surface area contributed by atoms with E-state index in [0.29, 0.717) is 6.04 Å². The Bertz CT molecular complexity index is 620. The summed E-state index contributed by atoms with van der Waals surface area (Å²) in [5.41, 5.74) is 3.13. The number of para-hydroxylation sites is 1.